The van der Waals surface area contributed by atoms with E-state index < -0.39 is 11.8 Å². The molecule has 2 fully saturated rings. The van der Waals surface area contributed by atoms with Crippen molar-refractivity contribution in [2.24, 2.45) is 5.73 Å². The molecule has 11 heteroatoms. The van der Waals surface area contributed by atoms with E-state index >= 15 is 0 Å². The molecular formula is C22H19N5O5S. The molecule has 1 aromatic carbocycles. The molecule has 0 spiro atoms. The predicted octanol–water partition coefficient (Wildman–Crippen LogP) is 3.07. The second kappa shape index (κ2) is 7.42. The van der Waals surface area contributed by atoms with E-state index in [1.807, 2.05) is 30.3 Å². The number of carbonyl (C=O) groups is 2. The summed E-state index contributed by atoms with van der Waals surface area (Å²) in [7, 11) is 0. The summed E-state index contributed by atoms with van der Waals surface area (Å²) < 4.78 is 18.0. The normalized spacial score (nSPS) is 22.3. The van der Waals surface area contributed by atoms with Crippen LogP contribution in [0.25, 0.3) is 21.3 Å². The number of fused-ring (bicyclic) bond motifs is 4. The van der Waals surface area contributed by atoms with Gasteiger partial charge in [-0.1, -0.05) is 11.3 Å². The zero-order valence-electron chi connectivity index (χ0n) is 17.3. The zero-order chi connectivity index (χ0) is 22.6. The fraction of sp³-hybridized carbons (Fsp3) is 0.273. The Kier molecular flexibility index (Phi) is 4.49. The van der Waals surface area contributed by atoms with Crippen molar-refractivity contribution in [3.63, 3.8) is 0 Å². The van der Waals surface area contributed by atoms with Crippen molar-refractivity contribution in [3.8, 4) is 10.9 Å². The van der Waals surface area contributed by atoms with Crippen molar-refractivity contribution in [1.82, 2.24) is 19.8 Å². The predicted molar refractivity (Wildman–Crippen MR) is 119 cm³/mol. The fourth-order valence-electron chi connectivity index (χ4n) is 4.84. The largest absolute Gasteiger partial charge is 0.464 e. The average Bonchev–Trinajstić information content (AvgIpc) is 3.54. The van der Waals surface area contributed by atoms with Crippen molar-refractivity contribution in [1.29, 1.82) is 0 Å². The molecule has 0 aliphatic carbocycles. The summed E-state index contributed by atoms with van der Waals surface area (Å²) in [6, 6.07) is 8.96. The van der Waals surface area contributed by atoms with Gasteiger partial charge in [0, 0.05) is 48.8 Å². The van der Waals surface area contributed by atoms with Crippen molar-refractivity contribution in [2.75, 3.05) is 13.1 Å². The Hall–Kier alpha value is -3.70. The number of nitrogens with two attached hydrogens (primary N) is 1. The van der Waals surface area contributed by atoms with E-state index in [-0.39, 0.29) is 6.04 Å². The Bertz CT molecular complexity index is 1350. The van der Waals surface area contributed by atoms with Crippen molar-refractivity contribution < 1.29 is 23.5 Å². The minimum absolute atomic E-state index is 0.0534. The molecular weight excluding hydrogens is 446 g/mol. The first-order valence-corrected chi connectivity index (χ1v) is 11.2. The third-order valence-corrected chi connectivity index (χ3v) is 7.18. The van der Waals surface area contributed by atoms with Crippen LogP contribution in [0.15, 0.2) is 47.2 Å². The summed E-state index contributed by atoms with van der Waals surface area (Å²) in [5.41, 5.74) is 6.85. The smallest absolute Gasteiger partial charge is 0.317 e. The molecule has 2 aliphatic heterocycles. The molecule has 3 aromatic heterocycles. The Morgan fingerprint density at radius 1 is 1.39 bits per heavy atom. The number of aromatic nitrogens is 2. The first-order valence-electron chi connectivity index (χ1n) is 10.4. The molecule has 2 saturated heterocycles. The van der Waals surface area contributed by atoms with Crippen molar-refractivity contribution in [2.45, 2.75) is 24.7 Å². The zero-order valence-corrected chi connectivity index (χ0v) is 18.2. The van der Waals surface area contributed by atoms with Gasteiger partial charge in [0.2, 0.25) is 5.72 Å². The van der Waals surface area contributed by atoms with Gasteiger partial charge in [-0.05, 0) is 24.3 Å². The van der Waals surface area contributed by atoms with Crippen molar-refractivity contribution in [3.05, 3.63) is 48.4 Å². The summed E-state index contributed by atoms with van der Waals surface area (Å²) in [5.74, 6) is 0.623. The van der Waals surface area contributed by atoms with E-state index in [1.165, 1.54) is 16.2 Å². The number of likely N-dealkylation sites (tertiary alicyclic amines) is 2. The van der Waals surface area contributed by atoms with Gasteiger partial charge < -0.3 is 19.6 Å². The van der Waals surface area contributed by atoms with Crippen LogP contribution in [0.1, 0.15) is 12.0 Å². The summed E-state index contributed by atoms with van der Waals surface area (Å²) in [4.78, 5) is 35.1. The van der Waals surface area contributed by atoms with Gasteiger partial charge in [0.05, 0.1) is 17.5 Å². The molecule has 168 valence electrons. The van der Waals surface area contributed by atoms with Gasteiger partial charge in [0.15, 0.2) is 5.65 Å². The number of ether oxygens (including phenoxy) is 2. The summed E-state index contributed by atoms with van der Waals surface area (Å²) in [6.45, 7) is 1.81. The van der Waals surface area contributed by atoms with Gasteiger partial charge in [0.25, 0.3) is 11.7 Å². The average molecular weight is 465 g/mol. The third-order valence-electron chi connectivity index (χ3n) is 6.29. The lowest BCUT2D eigenvalue weighted by Gasteiger charge is -2.39. The van der Waals surface area contributed by atoms with Crippen LogP contribution >= 0.6 is 11.3 Å². The number of nitrogens with zero attached hydrogens (tertiary/aromatic N) is 4. The quantitative estimate of drug-likeness (QED) is 0.431. The number of furan rings is 1. The van der Waals surface area contributed by atoms with Gasteiger partial charge in [0.1, 0.15) is 11.3 Å². The highest BCUT2D eigenvalue weighted by molar-refractivity contribution is 7.20. The maximum atomic E-state index is 11.8. The molecule has 5 heterocycles. The highest BCUT2D eigenvalue weighted by Crippen LogP contribution is 2.42. The summed E-state index contributed by atoms with van der Waals surface area (Å²) in [6.07, 6.45) is 3.97. The number of pyridine rings is 1. The van der Waals surface area contributed by atoms with E-state index in [4.69, 9.17) is 19.6 Å². The number of thiazole rings is 1. The number of carbonyl (C=O) groups excluding carboxylic acids is 2. The number of urea groups is 1. The molecule has 2 N–H and O–H groups in total. The molecule has 10 nitrogen and oxygen atoms in total. The van der Waals surface area contributed by atoms with Gasteiger partial charge in [-0.25, -0.2) is 9.78 Å². The van der Waals surface area contributed by atoms with Crippen LogP contribution in [0.3, 0.4) is 0 Å². The first kappa shape index (κ1) is 19.9. The Balaban J connectivity index is 1.21. The number of amides is 2. The van der Waals surface area contributed by atoms with Gasteiger partial charge in [-0.2, -0.15) is 4.98 Å². The fourth-order valence-corrected chi connectivity index (χ4v) is 5.63. The van der Waals surface area contributed by atoms with E-state index in [1.54, 1.807) is 12.5 Å². The Morgan fingerprint density at radius 3 is 3.12 bits per heavy atom. The van der Waals surface area contributed by atoms with Crippen LogP contribution in [0.4, 0.5) is 4.79 Å². The van der Waals surface area contributed by atoms with Crippen LogP contribution < -0.4 is 10.5 Å². The number of primary amides is 1. The molecule has 6 rings (SSSR count). The molecule has 0 radical (unpaired) electrons. The van der Waals surface area contributed by atoms with E-state index in [0.717, 1.165) is 15.6 Å². The molecule has 0 unspecified atom stereocenters. The molecule has 2 atom stereocenters. The molecule has 33 heavy (non-hydrogen) atoms. The second-order valence-electron chi connectivity index (χ2n) is 8.20. The minimum atomic E-state index is -0.995. The highest BCUT2D eigenvalue weighted by atomic mass is 32.1. The maximum absolute atomic E-state index is 11.8. The molecule has 2 aliphatic rings. The van der Waals surface area contributed by atoms with Crippen molar-refractivity contribution >= 4 is 45.2 Å². The molecule has 2 amide bonds. The van der Waals surface area contributed by atoms with Gasteiger partial charge in [-0.3, -0.25) is 14.6 Å². The number of piperazine rings is 1. The lowest BCUT2D eigenvalue weighted by Crippen LogP contribution is -2.58. The minimum Gasteiger partial charge on any atom is -0.464 e. The molecule has 2 bridgehead atoms. The van der Waals surface area contributed by atoms with Gasteiger partial charge in [-0.15, -0.1) is 0 Å². The summed E-state index contributed by atoms with van der Waals surface area (Å²) in [5, 5.41) is 1.48. The van der Waals surface area contributed by atoms with E-state index in [2.05, 4.69) is 14.9 Å². The first-order chi connectivity index (χ1) is 16.0. The highest BCUT2D eigenvalue weighted by Gasteiger charge is 2.58. The SMILES string of the molecule is NC(=O)N1C[C@@H]2C[C@]1(OC=O)CN2Cc1coc2cc(Oc3nc4ncccc4s3)ccc12. The van der Waals surface area contributed by atoms with Crippen LogP contribution in [-0.2, 0) is 16.1 Å². The maximum Gasteiger partial charge on any atom is 0.317 e. The van der Waals surface area contributed by atoms with Crippen LogP contribution in [0.2, 0.25) is 0 Å². The third kappa shape index (κ3) is 3.28. The van der Waals surface area contributed by atoms with Crippen LogP contribution in [0.5, 0.6) is 10.9 Å². The molecule has 4 aromatic rings. The van der Waals surface area contributed by atoms with E-state index in [9.17, 15) is 9.59 Å². The monoisotopic (exact) mass is 465 g/mol. The Morgan fingerprint density at radius 2 is 2.30 bits per heavy atom. The van der Waals surface area contributed by atoms with Crippen LogP contribution in [-0.4, -0.2) is 57.1 Å². The standard InChI is InChI=1S/C22H19N5O5S/c23-20(29)27-9-14-7-22(27,31-12-28)11-26(14)8-13-10-30-17-6-15(3-4-16(13)17)32-21-25-19-18(33-21)2-1-5-24-19/h1-6,10,12,14H,7-9,11H2,(H2,23,29)/t14-,22-/m0/s1. The van der Waals surface area contributed by atoms with E-state index in [0.29, 0.717) is 54.7 Å². The number of hydrogen-bond acceptors (Lipinski definition) is 9. The number of benzene rings is 1. The number of rotatable bonds is 6. The lowest BCUT2D eigenvalue weighted by molar-refractivity contribution is -0.158. The van der Waals surface area contributed by atoms with Crippen LogP contribution in [0, 0.1) is 0 Å². The number of hydrogen-bond donors (Lipinski definition) is 1. The summed E-state index contributed by atoms with van der Waals surface area (Å²) >= 11 is 1.43. The topological polar surface area (TPSA) is 124 Å². The van der Waals surface area contributed by atoms with Gasteiger partial charge >= 0.3 is 6.03 Å². The Labute approximate surface area is 191 Å². The molecule has 0 saturated carbocycles. The lowest BCUT2D eigenvalue weighted by atomic mass is 10.1. The second-order valence-corrected chi connectivity index (χ2v) is 9.19.